The first-order valence-electron chi connectivity index (χ1n) is 15.4. The van der Waals surface area contributed by atoms with Crippen molar-refractivity contribution in [3.63, 3.8) is 0 Å². The van der Waals surface area contributed by atoms with Crippen LogP contribution in [0.4, 0.5) is 17.6 Å². The molecule has 0 aromatic heterocycles. The van der Waals surface area contributed by atoms with Crippen LogP contribution in [0.1, 0.15) is 59.1 Å². The summed E-state index contributed by atoms with van der Waals surface area (Å²) in [5, 5.41) is 13.3. The number of carbonyl (C=O) groups excluding carboxylic acids is 4. The highest BCUT2D eigenvalue weighted by atomic mass is 19.2. The average molecular weight is 683 g/mol. The van der Waals surface area contributed by atoms with Gasteiger partial charge in [0.15, 0.2) is 17.4 Å². The fourth-order valence-electron chi connectivity index (χ4n) is 5.09. The number of Topliss-reactive ketones (excluding diaryl/α,β-unsaturated/α-hetero) is 1. The molecule has 2 N–H and O–H groups in total. The van der Waals surface area contributed by atoms with Gasteiger partial charge in [-0.15, -0.1) is 0 Å². The number of carbonyl (C=O) groups is 4. The molecule has 1 aliphatic heterocycles. The Morgan fingerprint density at radius 3 is 2.25 bits per heavy atom. The minimum absolute atomic E-state index is 0.0132. The minimum atomic E-state index is -1.85. The maximum atomic E-state index is 14.1. The molecule has 0 radical (unpaired) electrons. The van der Waals surface area contributed by atoms with E-state index in [2.05, 4.69) is 5.32 Å². The average Bonchev–Trinajstić information content (AvgIpc) is 3.24. The van der Waals surface area contributed by atoms with Crippen molar-refractivity contribution in [2.75, 3.05) is 32.9 Å². The Bertz CT molecular complexity index is 1480. The van der Waals surface area contributed by atoms with E-state index in [-0.39, 0.29) is 44.2 Å². The number of hydrogen-bond acceptors (Lipinski definition) is 8. The Morgan fingerprint density at radius 1 is 1.02 bits per heavy atom. The second kappa shape index (κ2) is 15.9. The van der Waals surface area contributed by atoms with E-state index in [0.717, 1.165) is 5.56 Å². The van der Waals surface area contributed by atoms with Gasteiger partial charge in [-0.3, -0.25) is 19.2 Å². The van der Waals surface area contributed by atoms with Crippen molar-refractivity contribution in [1.82, 2.24) is 10.2 Å². The summed E-state index contributed by atoms with van der Waals surface area (Å²) in [6, 6.07) is 5.80. The molecule has 1 heterocycles. The number of halogens is 4. The van der Waals surface area contributed by atoms with Gasteiger partial charge in [-0.25, -0.2) is 8.78 Å². The molecule has 264 valence electrons. The molecule has 0 saturated carbocycles. The lowest BCUT2D eigenvalue weighted by Crippen LogP contribution is -2.51. The largest absolute Gasteiger partial charge is 0.485 e. The van der Waals surface area contributed by atoms with Crippen molar-refractivity contribution < 1.29 is 56.1 Å². The lowest BCUT2D eigenvalue weighted by Gasteiger charge is -2.28. The van der Waals surface area contributed by atoms with Gasteiger partial charge in [0.2, 0.25) is 23.3 Å². The number of nitrogens with one attached hydrogen (secondary N) is 1. The van der Waals surface area contributed by atoms with Gasteiger partial charge in [0, 0.05) is 25.6 Å². The molecule has 2 aromatic carbocycles. The monoisotopic (exact) mass is 682 g/mol. The Hall–Kier alpha value is -4.04. The second-order valence-corrected chi connectivity index (χ2v) is 13.6. The van der Waals surface area contributed by atoms with Gasteiger partial charge < -0.3 is 29.5 Å². The molecule has 1 saturated heterocycles. The van der Waals surface area contributed by atoms with Crippen LogP contribution in [-0.2, 0) is 40.5 Å². The number of hydrogen-bond donors (Lipinski definition) is 2. The van der Waals surface area contributed by atoms with Gasteiger partial charge in [-0.1, -0.05) is 45.0 Å². The molecular formula is C34H42F4N2O8. The number of aliphatic hydroxyl groups excluding tert-OH is 1. The third-order valence-electron chi connectivity index (χ3n) is 7.41. The van der Waals surface area contributed by atoms with Crippen LogP contribution < -0.4 is 10.1 Å². The van der Waals surface area contributed by atoms with Crippen LogP contribution >= 0.6 is 0 Å². The van der Waals surface area contributed by atoms with Gasteiger partial charge in [0.05, 0.1) is 31.6 Å². The van der Waals surface area contributed by atoms with Crippen LogP contribution in [-0.4, -0.2) is 84.2 Å². The molecule has 0 bridgehead atoms. The lowest BCUT2D eigenvalue weighted by atomic mass is 9.82. The summed E-state index contributed by atoms with van der Waals surface area (Å²) in [4.78, 5) is 53.7. The highest BCUT2D eigenvalue weighted by molar-refractivity contribution is 6.36. The van der Waals surface area contributed by atoms with Crippen LogP contribution in [0.5, 0.6) is 5.75 Å². The number of amides is 2. The summed E-state index contributed by atoms with van der Waals surface area (Å²) in [6.45, 7) is 9.36. The molecule has 2 amide bonds. The molecule has 2 unspecified atom stereocenters. The third-order valence-corrected chi connectivity index (χ3v) is 7.41. The number of benzene rings is 2. The standard InChI is InChI=1S/C34H42F4N2O8/c1-33(2,3)21-10-8-7-9-19(21)13-25(41)32(45)40-11-12-46-17-20(16-40)31(44)39-24(15-27(43)48-34(4,5)6)26(42)18-47-30-28(37)22(35)14-23(36)29(30)38/h7-10,14,20,24,26,42H,11-13,15-18H2,1-6H3,(H,39,44)/t20?,24-,26?/m0/s1. The number of ketones is 1. The number of nitrogens with zero attached hydrogens (tertiary/aromatic N) is 1. The lowest BCUT2D eigenvalue weighted by molar-refractivity contribution is -0.156. The highest BCUT2D eigenvalue weighted by Gasteiger charge is 2.35. The predicted octanol–water partition coefficient (Wildman–Crippen LogP) is 3.78. The van der Waals surface area contributed by atoms with E-state index in [0.29, 0.717) is 5.56 Å². The summed E-state index contributed by atoms with van der Waals surface area (Å²) in [5.74, 6) is -12.8. The van der Waals surface area contributed by atoms with Gasteiger partial charge >= 0.3 is 5.97 Å². The van der Waals surface area contributed by atoms with Crippen molar-refractivity contribution in [2.24, 2.45) is 5.92 Å². The maximum absolute atomic E-state index is 14.1. The molecule has 3 rings (SSSR count). The fraction of sp³-hybridized carbons (Fsp3) is 0.529. The Kier molecular flexibility index (Phi) is 12.7. The molecule has 10 nitrogen and oxygen atoms in total. The topological polar surface area (TPSA) is 131 Å². The minimum Gasteiger partial charge on any atom is -0.485 e. The number of aliphatic hydroxyl groups is 1. The first-order valence-corrected chi connectivity index (χ1v) is 15.4. The van der Waals surface area contributed by atoms with E-state index in [1.54, 1.807) is 32.9 Å². The van der Waals surface area contributed by atoms with E-state index in [9.17, 15) is 41.8 Å². The Balaban J connectivity index is 1.76. The summed E-state index contributed by atoms with van der Waals surface area (Å²) < 4.78 is 71.2. The molecule has 14 heteroatoms. The van der Waals surface area contributed by atoms with Crippen molar-refractivity contribution in [1.29, 1.82) is 0 Å². The first-order chi connectivity index (χ1) is 22.3. The molecule has 2 aromatic rings. The summed E-state index contributed by atoms with van der Waals surface area (Å²) in [7, 11) is 0. The van der Waals surface area contributed by atoms with Gasteiger partial charge in [0.1, 0.15) is 18.3 Å². The van der Waals surface area contributed by atoms with Crippen LogP contribution in [0.2, 0.25) is 0 Å². The third kappa shape index (κ3) is 10.5. The molecule has 0 spiro atoms. The highest BCUT2D eigenvalue weighted by Crippen LogP contribution is 2.28. The van der Waals surface area contributed by atoms with Crippen LogP contribution in [0.15, 0.2) is 30.3 Å². The van der Waals surface area contributed by atoms with Crippen molar-refractivity contribution in [3.8, 4) is 5.75 Å². The molecular weight excluding hydrogens is 640 g/mol. The number of esters is 1. The van der Waals surface area contributed by atoms with Gasteiger partial charge in [-0.2, -0.15) is 8.78 Å². The zero-order chi connectivity index (χ0) is 36.0. The van der Waals surface area contributed by atoms with Gasteiger partial charge in [-0.05, 0) is 37.3 Å². The van der Waals surface area contributed by atoms with Crippen molar-refractivity contribution in [2.45, 2.75) is 77.5 Å². The van der Waals surface area contributed by atoms with Crippen LogP contribution in [0.3, 0.4) is 0 Å². The first kappa shape index (κ1) is 38.4. The summed E-state index contributed by atoms with van der Waals surface area (Å²) in [5.41, 5.74) is 0.384. The second-order valence-electron chi connectivity index (χ2n) is 13.6. The Morgan fingerprint density at radius 2 is 1.65 bits per heavy atom. The quantitative estimate of drug-likeness (QED) is 0.159. The van der Waals surface area contributed by atoms with E-state index in [1.165, 1.54) is 4.90 Å². The van der Waals surface area contributed by atoms with Crippen molar-refractivity contribution >= 4 is 23.6 Å². The predicted molar refractivity (Wildman–Crippen MR) is 165 cm³/mol. The smallest absolute Gasteiger partial charge is 0.308 e. The van der Waals surface area contributed by atoms with Crippen molar-refractivity contribution in [3.05, 3.63) is 64.7 Å². The molecule has 1 aliphatic rings. The molecule has 1 fully saturated rings. The van der Waals surface area contributed by atoms with E-state index in [1.807, 2.05) is 32.9 Å². The molecule has 48 heavy (non-hydrogen) atoms. The summed E-state index contributed by atoms with van der Waals surface area (Å²) in [6.07, 6.45) is -2.64. The van der Waals surface area contributed by atoms with Crippen LogP contribution in [0, 0.1) is 29.2 Å². The number of rotatable bonds is 11. The zero-order valence-corrected chi connectivity index (χ0v) is 27.8. The van der Waals surface area contributed by atoms with Gasteiger partial charge in [0.25, 0.3) is 5.91 Å². The number of ether oxygens (including phenoxy) is 3. The molecule has 0 aliphatic carbocycles. The van der Waals surface area contributed by atoms with E-state index in [4.69, 9.17) is 14.2 Å². The SMILES string of the molecule is CC(C)(C)OC(=O)C[C@H](NC(=O)C1COCCN(C(=O)C(=O)Cc2ccccc2C(C)(C)C)C1)C(O)COc1c(F)c(F)cc(F)c1F. The normalized spacial score (nSPS) is 16.8. The zero-order valence-electron chi connectivity index (χ0n) is 27.8. The van der Waals surface area contributed by atoms with Crippen LogP contribution in [0.25, 0.3) is 0 Å². The maximum Gasteiger partial charge on any atom is 0.308 e. The Labute approximate surface area is 276 Å². The summed E-state index contributed by atoms with van der Waals surface area (Å²) >= 11 is 0. The molecule has 3 atom stereocenters. The van der Waals surface area contributed by atoms with E-state index >= 15 is 0 Å². The van der Waals surface area contributed by atoms with E-state index < -0.39 is 89.3 Å². The fourth-order valence-corrected chi connectivity index (χ4v) is 5.09.